The van der Waals surface area contributed by atoms with E-state index in [0.29, 0.717) is 0 Å². The molecular weight excluding hydrogens is 196 g/mol. The highest BCUT2D eigenvalue weighted by Crippen LogP contribution is 2.63. The normalized spacial score (nSPS) is 32.4. The number of piperidine rings is 1. The van der Waals surface area contributed by atoms with Crippen molar-refractivity contribution in [1.82, 2.24) is 5.32 Å². The van der Waals surface area contributed by atoms with Crippen molar-refractivity contribution in [2.45, 2.75) is 29.6 Å². The van der Waals surface area contributed by atoms with Crippen LogP contribution in [-0.4, -0.2) is 51.0 Å². The van der Waals surface area contributed by atoms with Gasteiger partial charge in [-0.3, -0.25) is 14.9 Å². The SMILES string of the molecule is BC1(B)C(=O)NC(=O)C(B)(C(C)C)C1(B)B. The van der Waals surface area contributed by atoms with Gasteiger partial charge in [0, 0.05) is 5.31 Å². The van der Waals surface area contributed by atoms with Crippen LogP contribution in [0.4, 0.5) is 0 Å². The molecule has 0 aromatic heterocycles. The molecule has 8 heteroatoms. The maximum atomic E-state index is 12.1. The molecule has 1 saturated heterocycles. The Morgan fingerprint density at radius 1 is 1.00 bits per heavy atom. The van der Waals surface area contributed by atoms with Crippen molar-refractivity contribution in [2.75, 3.05) is 0 Å². The van der Waals surface area contributed by atoms with E-state index >= 15 is 0 Å². The fourth-order valence-electron chi connectivity index (χ4n) is 2.59. The van der Waals surface area contributed by atoms with E-state index in [1.54, 1.807) is 0 Å². The summed E-state index contributed by atoms with van der Waals surface area (Å²) in [6, 6.07) is 0. The van der Waals surface area contributed by atoms with Crippen LogP contribution in [0, 0.1) is 5.92 Å². The Kier molecular flexibility index (Phi) is 2.94. The van der Waals surface area contributed by atoms with E-state index in [-0.39, 0.29) is 22.9 Å². The van der Waals surface area contributed by atoms with Crippen LogP contribution >= 0.6 is 0 Å². The minimum Gasteiger partial charge on any atom is -0.297 e. The predicted octanol–water partition coefficient (Wildman–Crippen LogP) is -4.14. The molecule has 0 radical (unpaired) electrons. The van der Waals surface area contributed by atoms with Crippen molar-refractivity contribution in [3.63, 3.8) is 0 Å². The lowest BCUT2D eigenvalue weighted by atomic mass is 9.18. The van der Waals surface area contributed by atoms with Crippen molar-refractivity contribution < 1.29 is 9.59 Å². The summed E-state index contributed by atoms with van der Waals surface area (Å²) in [6.07, 6.45) is 0. The van der Waals surface area contributed by atoms with Crippen molar-refractivity contribution in [3.05, 3.63) is 0 Å². The van der Waals surface area contributed by atoms with Gasteiger partial charge < -0.3 is 0 Å². The van der Waals surface area contributed by atoms with E-state index in [0.717, 1.165) is 0 Å². The summed E-state index contributed by atoms with van der Waals surface area (Å²) in [7, 11) is 9.82. The summed E-state index contributed by atoms with van der Waals surface area (Å²) in [5.41, 5.74) is 0. The molecular formula is C8H18B5NO2. The fraction of sp³-hybridized carbons (Fsp3) is 0.750. The molecule has 82 valence electrons. The van der Waals surface area contributed by atoms with E-state index in [2.05, 4.69) is 5.32 Å². The van der Waals surface area contributed by atoms with E-state index in [1.807, 2.05) is 53.1 Å². The lowest BCUT2D eigenvalue weighted by Gasteiger charge is -2.58. The number of hydrogen-bond acceptors (Lipinski definition) is 2. The van der Waals surface area contributed by atoms with Gasteiger partial charge in [0.1, 0.15) is 23.5 Å². The molecule has 0 aromatic rings. The zero-order valence-corrected chi connectivity index (χ0v) is 11.4. The average Bonchev–Trinajstić information content (AvgIpc) is 2.13. The van der Waals surface area contributed by atoms with Crippen molar-refractivity contribution in [3.8, 4) is 0 Å². The van der Waals surface area contributed by atoms with E-state index in [9.17, 15) is 9.59 Å². The molecule has 0 aromatic carbocycles. The number of imide groups is 1. The first-order valence-electron chi connectivity index (χ1n) is 5.85. The molecule has 3 nitrogen and oxygen atoms in total. The first kappa shape index (κ1) is 13.5. The Bertz CT molecular complexity index is 354. The van der Waals surface area contributed by atoms with Gasteiger partial charge in [0.05, 0.1) is 15.7 Å². The highest BCUT2D eigenvalue weighted by molar-refractivity contribution is 6.66. The van der Waals surface area contributed by atoms with Crippen molar-refractivity contribution in [2.24, 2.45) is 5.92 Å². The lowest BCUT2D eigenvalue weighted by Crippen LogP contribution is -2.63. The van der Waals surface area contributed by atoms with Gasteiger partial charge >= 0.3 is 0 Å². The topological polar surface area (TPSA) is 46.2 Å². The van der Waals surface area contributed by atoms with Gasteiger partial charge in [-0.15, -0.1) is 0 Å². The number of carbonyl (C=O) groups is 2. The van der Waals surface area contributed by atoms with Crippen LogP contribution in [0.2, 0.25) is 15.7 Å². The Balaban J connectivity index is 3.41. The molecule has 0 bridgehead atoms. The number of amides is 2. The predicted molar refractivity (Wildman–Crippen MR) is 78.8 cm³/mol. The average molecular weight is 214 g/mol. The van der Waals surface area contributed by atoms with Gasteiger partial charge in [0.2, 0.25) is 11.8 Å². The highest BCUT2D eigenvalue weighted by atomic mass is 16.2. The van der Waals surface area contributed by atoms with Gasteiger partial charge in [-0.2, -0.15) is 0 Å². The van der Waals surface area contributed by atoms with Gasteiger partial charge in [-0.1, -0.05) is 19.1 Å². The summed E-state index contributed by atoms with van der Waals surface area (Å²) in [6.45, 7) is 4.07. The number of rotatable bonds is 1. The van der Waals surface area contributed by atoms with Crippen LogP contribution in [0.25, 0.3) is 0 Å². The summed E-state index contributed by atoms with van der Waals surface area (Å²) < 4.78 is 0. The molecule has 1 unspecified atom stereocenters. The largest absolute Gasteiger partial charge is 0.297 e. The monoisotopic (exact) mass is 215 g/mol. The Hall–Kier alpha value is -0.535. The maximum absolute atomic E-state index is 12.1. The van der Waals surface area contributed by atoms with Crippen LogP contribution in [-0.2, 0) is 9.59 Å². The molecule has 2 amide bonds. The van der Waals surface area contributed by atoms with Gasteiger partial charge in [0.25, 0.3) is 0 Å². The Labute approximate surface area is 102 Å². The third-order valence-electron chi connectivity index (χ3n) is 5.28. The zero-order chi connectivity index (χ0) is 12.9. The van der Waals surface area contributed by atoms with E-state index in [4.69, 9.17) is 0 Å². The Morgan fingerprint density at radius 3 is 1.81 bits per heavy atom. The minimum absolute atomic E-state index is 0.142. The van der Waals surface area contributed by atoms with Gasteiger partial charge in [-0.05, 0) is 11.1 Å². The second kappa shape index (κ2) is 3.48. The Morgan fingerprint density at radius 2 is 1.44 bits per heavy atom. The first-order chi connectivity index (χ1) is 6.99. The molecule has 1 rings (SSSR count). The number of hydrogen-bond donors (Lipinski definition) is 1. The summed E-state index contributed by atoms with van der Waals surface area (Å²) in [5, 5.41) is 1.09. The number of nitrogens with one attached hydrogen (secondary N) is 1. The van der Waals surface area contributed by atoms with Crippen LogP contribution in [0.1, 0.15) is 13.8 Å². The molecule has 0 spiro atoms. The smallest absolute Gasteiger partial charge is 0.223 e. The second-order valence-corrected chi connectivity index (χ2v) is 6.39. The second-order valence-electron chi connectivity index (χ2n) is 6.39. The molecule has 1 atom stereocenters. The quantitative estimate of drug-likeness (QED) is 0.356. The third-order valence-corrected chi connectivity index (χ3v) is 5.28. The summed E-state index contributed by atoms with van der Waals surface area (Å²) in [5.74, 6) is -0.118. The van der Waals surface area contributed by atoms with Crippen molar-refractivity contribution >= 4 is 51.0 Å². The highest BCUT2D eigenvalue weighted by Gasteiger charge is 2.61. The molecule has 1 heterocycles. The first-order valence-corrected chi connectivity index (χ1v) is 5.85. The van der Waals surface area contributed by atoms with Crippen LogP contribution in [0.5, 0.6) is 0 Å². The fourth-order valence-corrected chi connectivity index (χ4v) is 2.59. The van der Waals surface area contributed by atoms with E-state index in [1.165, 1.54) is 0 Å². The van der Waals surface area contributed by atoms with Crippen LogP contribution < -0.4 is 5.32 Å². The standard InChI is InChI=1S/C8H18B5NO2/c1-3(2)6(9)4(15)14-5(16)7(10,11)8(6,12)13/h3H,9-13H2,1-2H3,(H,14,15,16). The zero-order valence-electron chi connectivity index (χ0n) is 11.4. The molecule has 1 fully saturated rings. The van der Waals surface area contributed by atoms with Crippen LogP contribution in [0.15, 0.2) is 0 Å². The maximum Gasteiger partial charge on any atom is 0.223 e. The van der Waals surface area contributed by atoms with Gasteiger partial charge in [-0.25, -0.2) is 0 Å². The summed E-state index contributed by atoms with van der Waals surface area (Å²) in [4.78, 5) is 24.1. The third kappa shape index (κ3) is 1.34. The molecule has 0 saturated carbocycles. The minimum atomic E-state index is -0.542. The summed E-state index contributed by atoms with van der Waals surface area (Å²) >= 11 is 0. The molecule has 1 aliphatic rings. The molecule has 0 aliphatic carbocycles. The van der Waals surface area contributed by atoms with E-state index < -0.39 is 10.5 Å². The molecule has 16 heavy (non-hydrogen) atoms. The van der Waals surface area contributed by atoms with Crippen LogP contribution in [0.3, 0.4) is 0 Å². The van der Waals surface area contributed by atoms with Crippen molar-refractivity contribution in [1.29, 1.82) is 0 Å². The lowest BCUT2D eigenvalue weighted by molar-refractivity contribution is -0.138. The molecule has 1 aliphatic heterocycles. The van der Waals surface area contributed by atoms with Gasteiger partial charge in [0.15, 0.2) is 0 Å². The molecule has 1 N–H and O–H groups in total. The number of carbonyl (C=O) groups excluding carboxylic acids is 2.